The van der Waals surface area contributed by atoms with Gasteiger partial charge in [-0.05, 0) is 63.7 Å². The van der Waals surface area contributed by atoms with E-state index in [4.69, 9.17) is 18.9 Å². The van der Waals surface area contributed by atoms with Crippen LogP contribution < -0.4 is 0 Å². The third kappa shape index (κ3) is 7.45. The first kappa shape index (κ1) is 28.9. The van der Waals surface area contributed by atoms with Crippen LogP contribution >= 0.6 is 0 Å². The Kier molecular flexibility index (Phi) is 10.1. The number of ether oxygens (including phenoxy) is 4. The molecule has 4 rings (SSSR count). The summed E-state index contributed by atoms with van der Waals surface area (Å²) in [7, 11) is 0. The van der Waals surface area contributed by atoms with Gasteiger partial charge in [0.15, 0.2) is 6.29 Å². The lowest BCUT2D eigenvalue weighted by Gasteiger charge is -2.59. The second kappa shape index (κ2) is 12.3. The monoisotopic (exact) mass is 494 g/mol. The zero-order valence-electron chi connectivity index (χ0n) is 23.8. The Balaban J connectivity index is 0.00000167. The molecule has 3 saturated carbocycles. The quantitative estimate of drug-likeness (QED) is 0.341. The molecule has 0 N–H and O–H groups in total. The zero-order valence-corrected chi connectivity index (χ0v) is 23.8. The predicted molar refractivity (Wildman–Crippen MR) is 140 cm³/mol. The Labute approximate surface area is 215 Å². The maximum Gasteiger partial charge on any atom is 0.309 e. The molecule has 5 nitrogen and oxygen atoms in total. The molecule has 204 valence electrons. The Bertz CT molecular complexity index is 664. The maximum atomic E-state index is 13.2. The van der Waals surface area contributed by atoms with E-state index < -0.39 is 5.60 Å². The second-order valence-corrected chi connectivity index (χ2v) is 12.6. The van der Waals surface area contributed by atoms with Crippen LogP contribution in [0.25, 0.3) is 0 Å². The highest BCUT2D eigenvalue weighted by atomic mass is 16.7. The van der Waals surface area contributed by atoms with Crippen molar-refractivity contribution in [2.24, 2.45) is 17.8 Å². The Morgan fingerprint density at radius 3 is 2.11 bits per heavy atom. The first-order chi connectivity index (χ1) is 16.6. The minimum absolute atomic E-state index is 0.0659. The van der Waals surface area contributed by atoms with Crippen LogP contribution in [0, 0.1) is 17.8 Å². The third-order valence-corrected chi connectivity index (χ3v) is 8.69. The minimum atomic E-state index is -0.520. The maximum absolute atomic E-state index is 13.2. The van der Waals surface area contributed by atoms with Gasteiger partial charge < -0.3 is 18.9 Å². The minimum Gasteiger partial charge on any atom is -0.459 e. The van der Waals surface area contributed by atoms with Crippen molar-refractivity contribution in [2.45, 2.75) is 161 Å². The van der Waals surface area contributed by atoms with Crippen molar-refractivity contribution >= 4 is 5.97 Å². The van der Waals surface area contributed by atoms with Gasteiger partial charge in [0.25, 0.3) is 0 Å². The van der Waals surface area contributed by atoms with Gasteiger partial charge in [0.1, 0.15) is 5.60 Å². The fraction of sp³-hybridized carbons (Fsp3) is 0.967. The van der Waals surface area contributed by atoms with E-state index in [1.54, 1.807) is 0 Å². The van der Waals surface area contributed by atoms with E-state index in [2.05, 4.69) is 27.7 Å². The lowest BCUT2D eigenvalue weighted by Crippen LogP contribution is -2.64. The molecule has 0 aromatic carbocycles. The smallest absolute Gasteiger partial charge is 0.309 e. The fourth-order valence-electron chi connectivity index (χ4n) is 7.34. The number of carbonyl (C=O) groups excluding carboxylic acids is 1. The van der Waals surface area contributed by atoms with Crippen molar-refractivity contribution in [1.29, 1.82) is 0 Å². The van der Waals surface area contributed by atoms with E-state index in [9.17, 15) is 4.79 Å². The summed E-state index contributed by atoms with van der Waals surface area (Å²) in [6.45, 7) is 15.5. The molecular formula is C30H54O5. The van der Waals surface area contributed by atoms with Gasteiger partial charge in [-0.3, -0.25) is 4.79 Å². The molecule has 1 aliphatic heterocycles. The van der Waals surface area contributed by atoms with E-state index in [1.807, 2.05) is 20.8 Å². The largest absolute Gasteiger partial charge is 0.459 e. The number of fused-ring (bicyclic) bond motifs is 2. The van der Waals surface area contributed by atoms with Gasteiger partial charge in [-0.2, -0.15) is 0 Å². The van der Waals surface area contributed by atoms with E-state index in [-0.39, 0.29) is 35.3 Å². The summed E-state index contributed by atoms with van der Waals surface area (Å²) >= 11 is 0. The Morgan fingerprint density at radius 2 is 1.49 bits per heavy atom. The topological polar surface area (TPSA) is 54.0 Å². The molecule has 5 heteroatoms. The molecule has 3 aliphatic carbocycles. The molecule has 4 aliphatic rings. The third-order valence-electron chi connectivity index (χ3n) is 8.69. The summed E-state index contributed by atoms with van der Waals surface area (Å²) in [4.78, 5) is 13.2. The van der Waals surface area contributed by atoms with Crippen LogP contribution in [0.2, 0.25) is 0 Å². The van der Waals surface area contributed by atoms with Crippen molar-refractivity contribution < 1.29 is 23.7 Å². The number of hydrogen-bond acceptors (Lipinski definition) is 5. The van der Waals surface area contributed by atoms with Crippen molar-refractivity contribution in [3.05, 3.63) is 0 Å². The van der Waals surface area contributed by atoms with Crippen molar-refractivity contribution in [3.8, 4) is 0 Å². The van der Waals surface area contributed by atoms with E-state index in [0.717, 1.165) is 70.8 Å². The lowest BCUT2D eigenvalue weighted by molar-refractivity contribution is -0.299. The van der Waals surface area contributed by atoms with Crippen LogP contribution in [-0.4, -0.2) is 41.8 Å². The standard InChI is InChI=1S/C28H48O5.C2H6/c1-20(2)22(4)25(29)33-28-16-21(3)15-27(19-28,32-24-13-9-10-14-30-24)17-26(5,18-28)31-23-11-7-6-8-12-23;1-2/h20-24H,6-19H2,1-5H3;1-2H3. The van der Waals surface area contributed by atoms with Crippen LogP contribution in [0.4, 0.5) is 0 Å². The van der Waals surface area contributed by atoms with E-state index >= 15 is 0 Å². The molecule has 1 heterocycles. The van der Waals surface area contributed by atoms with Gasteiger partial charge in [-0.15, -0.1) is 0 Å². The molecule has 1 saturated heterocycles. The van der Waals surface area contributed by atoms with Crippen molar-refractivity contribution in [2.75, 3.05) is 6.61 Å². The number of hydrogen-bond donors (Lipinski definition) is 0. The zero-order chi connectivity index (χ0) is 25.7. The fourth-order valence-corrected chi connectivity index (χ4v) is 7.34. The summed E-state index contributed by atoms with van der Waals surface area (Å²) in [5, 5.41) is 0. The summed E-state index contributed by atoms with van der Waals surface area (Å²) < 4.78 is 26.3. The van der Waals surface area contributed by atoms with E-state index in [0.29, 0.717) is 12.0 Å². The summed E-state index contributed by atoms with van der Waals surface area (Å²) in [5.41, 5.74) is -1.23. The van der Waals surface area contributed by atoms with Crippen LogP contribution in [0.3, 0.4) is 0 Å². The molecule has 0 aromatic rings. The van der Waals surface area contributed by atoms with Crippen LogP contribution in [-0.2, 0) is 23.7 Å². The Hall–Kier alpha value is -0.650. The highest BCUT2D eigenvalue weighted by Gasteiger charge is 2.61. The lowest BCUT2D eigenvalue weighted by atomic mass is 9.58. The number of esters is 1. The molecule has 4 fully saturated rings. The molecule has 6 unspecified atom stereocenters. The normalized spacial score (nSPS) is 38.9. The number of rotatable bonds is 7. The molecule has 0 radical (unpaired) electrons. The average molecular weight is 495 g/mol. The van der Waals surface area contributed by atoms with Gasteiger partial charge in [0.2, 0.25) is 0 Å². The molecule has 2 bridgehead atoms. The van der Waals surface area contributed by atoms with Gasteiger partial charge in [-0.25, -0.2) is 0 Å². The molecule has 6 atom stereocenters. The average Bonchev–Trinajstić information content (AvgIpc) is 2.79. The van der Waals surface area contributed by atoms with Crippen molar-refractivity contribution in [3.63, 3.8) is 0 Å². The highest BCUT2D eigenvalue weighted by Crippen LogP contribution is 2.56. The van der Waals surface area contributed by atoms with E-state index in [1.165, 1.54) is 19.3 Å². The molecule has 0 aromatic heterocycles. The second-order valence-electron chi connectivity index (χ2n) is 12.6. The first-order valence-corrected chi connectivity index (χ1v) is 14.8. The number of carbonyl (C=O) groups is 1. The SMILES string of the molecule is CC.CC1CC2(OC(=O)C(C)C(C)C)CC(C)(OC3CCCCC3)CC(OC3CCCCO3)(C1)C2. The van der Waals surface area contributed by atoms with Crippen LogP contribution in [0.5, 0.6) is 0 Å². The van der Waals surface area contributed by atoms with Gasteiger partial charge in [0, 0.05) is 25.9 Å². The molecular weight excluding hydrogens is 440 g/mol. The highest BCUT2D eigenvalue weighted by molar-refractivity contribution is 5.72. The Morgan fingerprint density at radius 1 is 0.857 bits per heavy atom. The summed E-state index contributed by atoms with van der Waals surface area (Å²) in [5.74, 6) is 0.522. The van der Waals surface area contributed by atoms with Crippen molar-refractivity contribution in [1.82, 2.24) is 0 Å². The van der Waals surface area contributed by atoms with Crippen LogP contribution in [0.15, 0.2) is 0 Å². The molecule has 35 heavy (non-hydrogen) atoms. The molecule has 0 amide bonds. The van der Waals surface area contributed by atoms with Gasteiger partial charge >= 0.3 is 5.97 Å². The molecule has 0 spiro atoms. The summed E-state index contributed by atoms with van der Waals surface area (Å²) in [6.07, 6.45) is 13.8. The first-order valence-electron chi connectivity index (χ1n) is 14.8. The van der Waals surface area contributed by atoms with Crippen LogP contribution in [0.1, 0.15) is 132 Å². The predicted octanol–water partition coefficient (Wildman–Crippen LogP) is 7.59. The van der Waals surface area contributed by atoms with Gasteiger partial charge in [0.05, 0.1) is 23.2 Å². The van der Waals surface area contributed by atoms with Gasteiger partial charge in [-0.1, -0.05) is 60.8 Å². The summed E-state index contributed by atoms with van der Waals surface area (Å²) in [6, 6.07) is 0.